The van der Waals surface area contributed by atoms with Gasteiger partial charge in [-0.3, -0.25) is 14.2 Å². The third-order valence-corrected chi connectivity index (χ3v) is 5.70. The van der Waals surface area contributed by atoms with E-state index in [9.17, 15) is 9.59 Å². The molecule has 0 radical (unpaired) electrons. The van der Waals surface area contributed by atoms with Crippen molar-refractivity contribution in [1.29, 1.82) is 0 Å². The van der Waals surface area contributed by atoms with Crippen LogP contribution in [0.4, 0.5) is 5.69 Å². The lowest BCUT2D eigenvalue weighted by molar-refractivity contribution is -0.115. The zero-order chi connectivity index (χ0) is 19.7. The number of hydrogen-bond donors (Lipinski definition) is 1. The Hall–Kier alpha value is -3.06. The second kappa shape index (κ2) is 7.52. The lowest BCUT2D eigenvalue weighted by Crippen LogP contribution is -2.28. The van der Waals surface area contributed by atoms with E-state index in [2.05, 4.69) is 4.98 Å². The molecule has 28 heavy (non-hydrogen) atoms. The molecule has 0 saturated carbocycles. The Morgan fingerprint density at radius 2 is 1.86 bits per heavy atom. The van der Waals surface area contributed by atoms with Crippen molar-refractivity contribution in [2.24, 2.45) is 0 Å². The van der Waals surface area contributed by atoms with Gasteiger partial charge < -0.3 is 9.88 Å². The lowest BCUT2D eigenvalue weighted by Gasteiger charge is -2.17. The molecule has 4 rings (SSSR count). The first-order chi connectivity index (χ1) is 13.6. The minimum atomic E-state index is -0.116. The van der Waals surface area contributed by atoms with Crippen LogP contribution < -0.4 is 10.5 Å². The summed E-state index contributed by atoms with van der Waals surface area (Å²) in [6.07, 6.45) is 0. The number of amides is 1. The number of carbonyl (C=O) groups is 1. The highest BCUT2D eigenvalue weighted by atomic mass is 32.2. The van der Waals surface area contributed by atoms with Gasteiger partial charge in [0.1, 0.15) is 11.0 Å². The van der Waals surface area contributed by atoms with Gasteiger partial charge in [0.15, 0.2) is 5.16 Å². The molecule has 0 unspecified atom stereocenters. The highest BCUT2D eigenvalue weighted by molar-refractivity contribution is 7.99. The van der Waals surface area contributed by atoms with Crippen molar-refractivity contribution in [3.8, 4) is 0 Å². The van der Waals surface area contributed by atoms with Gasteiger partial charge in [0.25, 0.3) is 5.56 Å². The normalized spacial score (nSPS) is 11.2. The van der Waals surface area contributed by atoms with Crippen molar-refractivity contribution >= 4 is 45.3 Å². The number of nitrogens with zero attached hydrogens (tertiary/aromatic N) is 3. The van der Waals surface area contributed by atoms with E-state index in [-0.39, 0.29) is 17.2 Å². The fourth-order valence-corrected chi connectivity index (χ4v) is 4.15. The van der Waals surface area contributed by atoms with Crippen molar-refractivity contribution in [3.05, 3.63) is 65.0 Å². The van der Waals surface area contributed by atoms with Gasteiger partial charge >= 0.3 is 0 Å². The maximum absolute atomic E-state index is 12.9. The fraction of sp³-hybridized carbons (Fsp3) is 0.190. The molecule has 0 saturated heterocycles. The van der Waals surface area contributed by atoms with Crippen LogP contribution in [0, 0.1) is 0 Å². The van der Waals surface area contributed by atoms with E-state index in [4.69, 9.17) is 4.98 Å². The average molecular weight is 392 g/mol. The van der Waals surface area contributed by atoms with Gasteiger partial charge in [-0.2, -0.15) is 0 Å². The number of H-pyrrole nitrogens is 1. The number of aromatic amines is 1. The number of hydrogen-bond acceptors (Lipinski definition) is 4. The molecule has 0 aliphatic rings. The van der Waals surface area contributed by atoms with Crippen LogP contribution in [0.1, 0.15) is 6.92 Å². The Bertz CT molecular complexity index is 1210. The van der Waals surface area contributed by atoms with Crippen molar-refractivity contribution in [3.63, 3.8) is 0 Å². The molecule has 0 aliphatic heterocycles. The summed E-state index contributed by atoms with van der Waals surface area (Å²) in [5.41, 5.74) is 2.75. The van der Waals surface area contributed by atoms with Crippen LogP contribution in [-0.4, -0.2) is 33.2 Å². The van der Waals surface area contributed by atoms with Crippen LogP contribution in [-0.2, 0) is 11.3 Å². The van der Waals surface area contributed by atoms with Crippen LogP contribution in [0.2, 0.25) is 0 Å². The van der Waals surface area contributed by atoms with Gasteiger partial charge in [-0.05, 0) is 25.1 Å². The predicted molar refractivity (Wildman–Crippen MR) is 114 cm³/mol. The number of rotatable bonds is 5. The van der Waals surface area contributed by atoms with E-state index < -0.39 is 0 Å². The van der Waals surface area contributed by atoms with E-state index in [1.54, 1.807) is 16.5 Å². The van der Waals surface area contributed by atoms with E-state index in [0.29, 0.717) is 22.7 Å². The molecular formula is C21H20N4O2S. The molecule has 6 nitrogen and oxygen atoms in total. The topological polar surface area (TPSA) is 71.0 Å². The number of fused-ring (bicyclic) bond motifs is 3. The Morgan fingerprint density at radius 3 is 2.61 bits per heavy atom. The summed E-state index contributed by atoms with van der Waals surface area (Å²) in [4.78, 5) is 35.1. The van der Waals surface area contributed by atoms with Gasteiger partial charge in [-0.25, -0.2) is 4.98 Å². The average Bonchev–Trinajstić information content (AvgIpc) is 3.11. The third-order valence-electron chi connectivity index (χ3n) is 4.73. The molecular weight excluding hydrogens is 372 g/mol. The number of nitrogens with one attached hydrogen (secondary N) is 1. The van der Waals surface area contributed by atoms with Crippen LogP contribution in [0.15, 0.2) is 64.5 Å². The number of aromatic nitrogens is 3. The van der Waals surface area contributed by atoms with Crippen molar-refractivity contribution in [2.45, 2.75) is 18.6 Å². The van der Waals surface area contributed by atoms with Crippen LogP contribution in [0.25, 0.3) is 21.9 Å². The zero-order valence-corrected chi connectivity index (χ0v) is 16.5. The summed E-state index contributed by atoms with van der Waals surface area (Å²) in [6.45, 7) is 2.39. The molecule has 0 fully saturated rings. The maximum atomic E-state index is 12.9. The molecule has 4 aromatic rings. The van der Waals surface area contributed by atoms with Crippen LogP contribution in [0.5, 0.6) is 0 Å². The fourth-order valence-electron chi connectivity index (χ4n) is 3.18. The minimum Gasteiger partial charge on any atom is -0.349 e. The smallest absolute Gasteiger partial charge is 0.278 e. The summed E-state index contributed by atoms with van der Waals surface area (Å²) < 4.78 is 1.61. The molecule has 0 bridgehead atoms. The minimum absolute atomic E-state index is 0.0490. The first-order valence-corrected chi connectivity index (χ1v) is 10.0. The molecule has 0 atom stereocenters. The van der Waals surface area contributed by atoms with E-state index in [0.717, 1.165) is 16.6 Å². The first kappa shape index (κ1) is 18.3. The monoisotopic (exact) mass is 392 g/mol. The van der Waals surface area contributed by atoms with Gasteiger partial charge in [-0.15, -0.1) is 0 Å². The summed E-state index contributed by atoms with van der Waals surface area (Å²) >= 11 is 1.29. The van der Waals surface area contributed by atoms with Crippen molar-refractivity contribution in [2.75, 3.05) is 17.7 Å². The second-order valence-corrected chi connectivity index (χ2v) is 7.36. The molecule has 142 valence electrons. The molecule has 2 aromatic heterocycles. The molecule has 1 amide bonds. The number of carbonyl (C=O) groups excluding carboxylic acids is 1. The van der Waals surface area contributed by atoms with Gasteiger partial charge in [-0.1, -0.05) is 48.2 Å². The van der Waals surface area contributed by atoms with Gasteiger partial charge in [0, 0.05) is 30.2 Å². The van der Waals surface area contributed by atoms with E-state index in [1.165, 1.54) is 11.8 Å². The predicted octanol–water partition coefficient (Wildman–Crippen LogP) is 3.65. The van der Waals surface area contributed by atoms with Crippen molar-refractivity contribution < 1.29 is 4.79 Å². The first-order valence-electron chi connectivity index (χ1n) is 9.05. The largest absolute Gasteiger partial charge is 0.349 e. The Morgan fingerprint density at radius 1 is 1.14 bits per heavy atom. The Balaban J connectivity index is 1.67. The van der Waals surface area contributed by atoms with Crippen LogP contribution >= 0.6 is 11.8 Å². The molecule has 2 aromatic carbocycles. The number of anilines is 1. The Labute approximate surface area is 166 Å². The highest BCUT2D eigenvalue weighted by Crippen LogP contribution is 2.25. The lowest BCUT2D eigenvalue weighted by atomic mass is 10.2. The number of para-hydroxylation sites is 2. The standard InChI is InChI=1S/C21H20N4O2S/c1-3-25-20(27)19-18(15-11-7-8-12-16(15)22-19)23-21(25)28-13-17(26)24(2)14-9-5-4-6-10-14/h4-12,22H,3,13H2,1-2H3. The second-order valence-electron chi connectivity index (χ2n) is 6.41. The van der Waals surface area contributed by atoms with Crippen molar-refractivity contribution in [1.82, 2.24) is 14.5 Å². The SMILES string of the molecule is CCn1c(SCC(=O)N(C)c2ccccc2)nc2c([nH]c3ccccc32)c1=O. The summed E-state index contributed by atoms with van der Waals surface area (Å²) in [5.74, 6) is 0.151. The van der Waals surface area contributed by atoms with E-state index >= 15 is 0 Å². The molecule has 0 spiro atoms. The molecule has 1 N–H and O–H groups in total. The molecule has 0 aliphatic carbocycles. The number of thioether (sulfide) groups is 1. The Kier molecular flexibility index (Phi) is 4.92. The summed E-state index contributed by atoms with van der Waals surface area (Å²) in [6, 6.07) is 17.2. The zero-order valence-electron chi connectivity index (χ0n) is 15.7. The molecule has 2 heterocycles. The van der Waals surface area contributed by atoms with Gasteiger partial charge in [0.2, 0.25) is 5.91 Å². The maximum Gasteiger partial charge on any atom is 0.278 e. The van der Waals surface area contributed by atoms with Gasteiger partial charge in [0.05, 0.1) is 5.75 Å². The highest BCUT2D eigenvalue weighted by Gasteiger charge is 2.17. The van der Waals surface area contributed by atoms with E-state index in [1.807, 2.05) is 61.5 Å². The summed E-state index contributed by atoms with van der Waals surface area (Å²) in [7, 11) is 1.75. The third kappa shape index (κ3) is 3.18. The molecule has 7 heteroatoms. The summed E-state index contributed by atoms with van der Waals surface area (Å²) in [5, 5.41) is 1.46. The quantitative estimate of drug-likeness (QED) is 0.416. The number of benzene rings is 2. The van der Waals surface area contributed by atoms with Crippen LogP contribution in [0.3, 0.4) is 0 Å².